The number of hydrogen-bond donors (Lipinski definition) is 1. The van der Waals surface area contributed by atoms with Crippen LogP contribution in [0.4, 0.5) is 5.69 Å². The Morgan fingerprint density at radius 2 is 2.14 bits per heavy atom. The van der Waals surface area contributed by atoms with Gasteiger partial charge in [-0.25, -0.2) is 0 Å². The molecule has 0 spiro atoms. The number of thioether (sulfide) groups is 1. The van der Waals surface area contributed by atoms with Gasteiger partial charge in [-0.05, 0) is 43.1 Å². The summed E-state index contributed by atoms with van der Waals surface area (Å²) >= 11 is 8.28. The Labute approximate surface area is 138 Å². The van der Waals surface area contributed by atoms with E-state index >= 15 is 0 Å². The predicted octanol–water partition coefficient (Wildman–Crippen LogP) is 4.42. The predicted molar refractivity (Wildman–Crippen MR) is 96.7 cm³/mol. The number of halogens is 1. The molecule has 1 N–H and O–H groups in total. The first kappa shape index (κ1) is 17.0. The molecule has 1 aliphatic heterocycles. The molecule has 4 heteroatoms. The standard InChI is InChI=1S/C17H27ClN2S/c1-12(2)10-19-11-15-9-16(18)5-6-17(15)20-7-8-21-14(4)13(20)3/h5-6,9,12-14,19H,7-8,10-11H2,1-4H3. The molecule has 0 amide bonds. The molecule has 0 aromatic heterocycles. The minimum absolute atomic E-state index is 0.564. The van der Waals surface area contributed by atoms with Crippen LogP contribution in [0.1, 0.15) is 33.3 Å². The molecule has 1 heterocycles. The van der Waals surface area contributed by atoms with Crippen LogP contribution in [0.15, 0.2) is 18.2 Å². The monoisotopic (exact) mass is 326 g/mol. The number of anilines is 1. The van der Waals surface area contributed by atoms with Crippen molar-refractivity contribution in [3.63, 3.8) is 0 Å². The minimum atomic E-state index is 0.564. The van der Waals surface area contributed by atoms with E-state index in [4.69, 9.17) is 11.6 Å². The van der Waals surface area contributed by atoms with Gasteiger partial charge in [0.2, 0.25) is 0 Å². The molecule has 21 heavy (non-hydrogen) atoms. The van der Waals surface area contributed by atoms with E-state index in [1.54, 1.807) is 0 Å². The summed E-state index contributed by atoms with van der Waals surface area (Å²) in [5.41, 5.74) is 2.66. The number of hydrogen-bond acceptors (Lipinski definition) is 3. The molecule has 1 aliphatic rings. The Morgan fingerprint density at radius 1 is 1.38 bits per heavy atom. The van der Waals surface area contributed by atoms with Gasteiger partial charge in [-0.15, -0.1) is 0 Å². The Kier molecular flexibility index (Phi) is 6.27. The fourth-order valence-corrected chi connectivity index (χ4v) is 4.04. The summed E-state index contributed by atoms with van der Waals surface area (Å²) in [6, 6.07) is 6.88. The number of rotatable bonds is 5. The second kappa shape index (κ2) is 7.75. The second-order valence-corrected chi connectivity index (χ2v) is 8.23. The highest BCUT2D eigenvalue weighted by Gasteiger charge is 2.26. The summed E-state index contributed by atoms with van der Waals surface area (Å²) in [4.78, 5) is 2.55. The van der Waals surface area contributed by atoms with Crippen molar-refractivity contribution in [2.75, 3.05) is 23.7 Å². The summed E-state index contributed by atoms with van der Waals surface area (Å²) in [6.07, 6.45) is 0. The van der Waals surface area contributed by atoms with E-state index in [0.717, 1.165) is 24.7 Å². The average molecular weight is 327 g/mol. The van der Waals surface area contributed by atoms with Crippen molar-refractivity contribution < 1.29 is 0 Å². The molecule has 1 aromatic carbocycles. The van der Waals surface area contributed by atoms with E-state index in [9.17, 15) is 0 Å². The first-order valence-corrected chi connectivity index (χ1v) is 9.29. The Morgan fingerprint density at radius 3 is 2.86 bits per heavy atom. The fraction of sp³-hybridized carbons (Fsp3) is 0.647. The van der Waals surface area contributed by atoms with Crippen LogP contribution in [-0.4, -0.2) is 30.1 Å². The lowest BCUT2D eigenvalue weighted by Gasteiger charge is -2.40. The summed E-state index contributed by atoms with van der Waals surface area (Å²) in [6.45, 7) is 12.2. The first-order valence-electron chi connectivity index (χ1n) is 7.86. The first-order chi connectivity index (χ1) is 9.99. The summed E-state index contributed by atoms with van der Waals surface area (Å²) < 4.78 is 0. The fourth-order valence-electron chi connectivity index (χ4n) is 2.74. The van der Waals surface area contributed by atoms with Crippen molar-refractivity contribution in [2.24, 2.45) is 5.92 Å². The quantitative estimate of drug-likeness (QED) is 0.862. The van der Waals surface area contributed by atoms with Crippen LogP contribution < -0.4 is 10.2 Å². The third-order valence-electron chi connectivity index (χ3n) is 4.10. The van der Waals surface area contributed by atoms with E-state index in [1.807, 2.05) is 6.07 Å². The lowest BCUT2D eigenvalue weighted by Crippen LogP contribution is -2.45. The van der Waals surface area contributed by atoms with Crippen LogP contribution in [0.5, 0.6) is 0 Å². The molecule has 0 saturated carbocycles. The number of nitrogens with zero attached hydrogens (tertiary/aromatic N) is 1. The molecule has 118 valence electrons. The molecule has 1 fully saturated rings. The van der Waals surface area contributed by atoms with E-state index in [-0.39, 0.29) is 0 Å². The summed E-state index contributed by atoms with van der Waals surface area (Å²) in [5.74, 6) is 1.87. The highest BCUT2D eigenvalue weighted by Crippen LogP contribution is 2.32. The molecule has 0 aliphatic carbocycles. The van der Waals surface area contributed by atoms with Gasteiger partial charge < -0.3 is 10.2 Å². The van der Waals surface area contributed by atoms with Crippen molar-refractivity contribution in [3.8, 4) is 0 Å². The molecule has 2 nitrogen and oxygen atoms in total. The van der Waals surface area contributed by atoms with Crippen LogP contribution in [0.25, 0.3) is 0 Å². The Bertz CT molecular complexity index is 464. The maximum atomic E-state index is 6.21. The van der Waals surface area contributed by atoms with Gasteiger partial charge in [-0.1, -0.05) is 32.4 Å². The minimum Gasteiger partial charge on any atom is -0.367 e. The number of nitrogens with one attached hydrogen (secondary N) is 1. The normalized spacial score (nSPS) is 22.9. The van der Waals surface area contributed by atoms with Crippen molar-refractivity contribution in [1.29, 1.82) is 0 Å². The van der Waals surface area contributed by atoms with Crippen molar-refractivity contribution in [3.05, 3.63) is 28.8 Å². The maximum absolute atomic E-state index is 6.21. The third kappa shape index (κ3) is 4.54. The van der Waals surface area contributed by atoms with Gasteiger partial charge in [0.05, 0.1) is 0 Å². The van der Waals surface area contributed by atoms with E-state index in [1.165, 1.54) is 17.0 Å². The van der Waals surface area contributed by atoms with Crippen molar-refractivity contribution in [1.82, 2.24) is 5.32 Å². The largest absolute Gasteiger partial charge is 0.367 e. The van der Waals surface area contributed by atoms with Crippen molar-refractivity contribution in [2.45, 2.75) is 45.5 Å². The summed E-state index contributed by atoms with van der Waals surface area (Å²) in [7, 11) is 0. The van der Waals surface area contributed by atoms with Crippen LogP contribution in [0, 0.1) is 5.92 Å². The van der Waals surface area contributed by atoms with Crippen LogP contribution in [0.3, 0.4) is 0 Å². The van der Waals surface area contributed by atoms with Gasteiger partial charge >= 0.3 is 0 Å². The van der Waals surface area contributed by atoms with E-state index in [2.05, 4.69) is 61.8 Å². The Balaban J connectivity index is 2.17. The van der Waals surface area contributed by atoms with Gasteiger partial charge in [0.1, 0.15) is 0 Å². The van der Waals surface area contributed by atoms with E-state index in [0.29, 0.717) is 17.2 Å². The van der Waals surface area contributed by atoms with Crippen LogP contribution in [0.2, 0.25) is 5.02 Å². The van der Waals surface area contributed by atoms with E-state index < -0.39 is 0 Å². The molecule has 2 unspecified atom stereocenters. The van der Waals surface area contributed by atoms with Gasteiger partial charge in [-0.3, -0.25) is 0 Å². The maximum Gasteiger partial charge on any atom is 0.0415 e. The van der Waals surface area contributed by atoms with Gasteiger partial charge in [0, 0.05) is 40.8 Å². The van der Waals surface area contributed by atoms with Gasteiger partial charge in [-0.2, -0.15) is 11.8 Å². The number of benzene rings is 1. The molecule has 2 atom stereocenters. The Hall–Kier alpha value is -0.380. The summed E-state index contributed by atoms with van der Waals surface area (Å²) in [5, 5.41) is 5.04. The molecular weight excluding hydrogens is 300 g/mol. The SMILES string of the molecule is CC(C)CNCc1cc(Cl)ccc1N1CCSC(C)C1C. The lowest BCUT2D eigenvalue weighted by molar-refractivity contribution is 0.550. The average Bonchev–Trinajstić information content (AvgIpc) is 2.42. The lowest BCUT2D eigenvalue weighted by atomic mass is 10.1. The van der Waals surface area contributed by atoms with Crippen molar-refractivity contribution >= 4 is 29.1 Å². The van der Waals surface area contributed by atoms with Crippen LogP contribution >= 0.6 is 23.4 Å². The molecule has 0 radical (unpaired) electrons. The second-order valence-electron chi connectivity index (χ2n) is 6.31. The highest BCUT2D eigenvalue weighted by atomic mass is 35.5. The molecule has 0 bridgehead atoms. The topological polar surface area (TPSA) is 15.3 Å². The highest BCUT2D eigenvalue weighted by molar-refractivity contribution is 8.00. The molecule has 1 saturated heterocycles. The zero-order valence-electron chi connectivity index (χ0n) is 13.5. The zero-order chi connectivity index (χ0) is 15.4. The molecule has 2 rings (SSSR count). The van der Waals surface area contributed by atoms with Gasteiger partial charge in [0.25, 0.3) is 0 Å². The third-order valence-corrected chi connectivity index (χ3v) is 5.68. The zero-order valence-corrected chi connectivity index (χ0v) is 15.1. The molecule has 1 aromatic rings. The van der Waals surface area contributed by atoms with Gasteiger partial charge in [0.15, 0.2) is 0 Å². The smallest absolute Gasteiger partial charge is 0.0415 e. The van der Waals surface area contributed by atoms with Crippen LogP contribution in [-0.2, 0) is 6.54 Å². The molecular formula is C17H27ClN2S.